The first-order valence-electron chi connectivity index (χ1n) is 7.34. The monoisotopic (exact) mass is 289 g/mol. The Balaban J connectivity index is 2.25. The van der Waals surface area contributed by atoms with E-state index in [-0.39, 0.29) is 17.7 Å². The van der Waals surface area contributed by atoms with Crippen LogP contribution in [0.3, 0.4) is 0 Å². The van der Waals surface area contributed by atoms with Crippen molar-refractivity contribution < 1.29 is 9.59 Å². The highest BCUT2D eigenvalue weighted by Gasteiger charge is 2.44. The summed E-state index contributed by atoms with van der Waals surface area (Å²) >= 11 is 0. The lowest BCUT2D eigenvalue weighted by atomic mass is 9.75. The molecule has 1 aliphatic heterocycles. The van der Waals surface area contributed by atoms with Gasteiger partial charge in [0.15, 0.2) is 0 Å². The molecule has 21 heavy (non-hydrogen) atoms. The number of hydrogen-bond acceptors (Lipinski definition) is 3. The molecule has 1 heterocycles. The molecule has 0 spiro atoms. The Morgan fingerprint density at radius 3 is 2.57 bits per heavy atom. The molecule has 0 aromatic heterocycles. The SMILES string of the molecule is CNC(=O)c1ccccc1NC(=O)C1(C(C)C)CCNC1. The zero-order chi connectivity index (χ0) is 15.5. The minimum atomic E-state index is -0.407. The van der Waals surface area contributed by atoms with Gasteiger partial charge in [-0.25, -0.2) is 0 Å². The average molecular weight is 289 g/mol. The standard InChI is InChI=1S/C16H23N3O2/c1-11(2)16(8-9-18-10-16)15(21)19-13-7-5-4-6-12(13)14(20)17-3/h4-7,11,18H,8-10H2,1-3H3,(H,17,20)(H,19,21). The second-order valence-electron chi connectivity index (χ2n) is 5.82. The van der Waals surface area contributed by atoms with Crippen molar-refractivity contribution >= 4 is 17.5 Å². The fraction of sp³-hybridized carbons (Fsp3) is 0.500. The third kappa shape index (κ3) is 2.93. The van der Waals surface area contributed by atoms with Gasteiger partial charge < -0.3 is 16.0 Å². The van der Waals surface area contributed by atoms with Crippen LogP contribution in [0.25, 0.3) is 0 Å². The first-order chi connectivity index (χ1) is 10.0. The van der Waals surface area contributed by atoms with Crippen molar-refractivity contribution in [1.29, 1.82) is 0 Å². The molecule has 1 aromatic carbocycles. The largest absolute Gasteiger partial charge is 0.355 e. The summed E-state index contributed by atoms with van der Waals surface area (Å²) in [6, 6.07) is 7.08. The van der Waals surface area contributed by atoms with Gasteiger partial charge in [0.25, 0.3) is 5.91 Å². The molecule has 1 fully saturated rings. The van der Waals surface area contributed by atoms with Gasteiger partial charge in [-0.2, -0.15) is 0 Å². The summed E-state index contributed by atoms with van der Waals surface area (Å²) in [7, 11) is 1.58. The Kier molecular flexibility index (Phi) is 4.63. The van der Waals surface area contributed by atoms with Gasteiger partial charge in [-0.1, -0.05) is 26.0 Å². The van der Waals surface area contributed by atoms with Crippen LogP contribution in [-0.4, -0.2) is 32.0 Å². The molecule has 0 aliphatic carbocycles. The van der Waals surface area contributed by atoms with E-state index >= 15 is 0 Å². The van der Waals surface area contributed by atoms with Gasteiger partial charge in [-0.05, 0) is 31.0 Å². The average Bonchev–Trinajstić information content (AvgIpc) is 2.98. The highest BCUT2D eigenvalue weighted by molar-refractivity contribution is 6.05. The van der Waals surface area contributed by atoms with E-state index < -0.39 is 5.41 Å². The van der Waals surface area contributed by atoms with Crippen LogP contribution in [0.4, 0.5) is 5.69 Å². The first kappa shape index (κ1) is 15.5. The number of para-hydroxylation sites is 1. The number of rotatable bonds is 4. The number of amides is 2. The van der Waals surface area contributed by atoms with Gasteiger partial charge in [-0.15, -0.1) is 0 Å². The predicted molar refractivity (Wildman–Crippen MR) is 83.2 cm³/mol. The molecule has 2 amide bonds. The number of nitrogens with one attached hydrogen (secondary N) is 3. The highest BCUT2D eigenvalue weighted by Crippen LogP contribution is 2.35. The zero-order valence-corrected chi connectivity index (χ0v) is 12.8. The molecule has 0 radical (unpaired) electrons. The van der Waals surface area contributed by atoms with Crippen molar-refractivity contribution in [2.75, 3.05) is 25.5 Å². The first-order valence-corrected chi connectivity index (χ1v) is 7.34. The molecular formula is C16H23N3O2. The normalized spacial score (nSPS) is 21.3. The third-order valence-electron chi connectivity index (χ3n) is 4.39. The number of carbonyl (C=O) groups is 2. The minimum absolute atomic E-state index is 0.0150. The maximum absolute atomic E-state index is 12.8. The molecule has 114 valence electrons. The van der Waals surface area contributed by atoms with Gasteiger partial charge in [0.2, 0.25) is 5.91 Å². The Morgan fingerprint density at radius 2 is 2.00 bits per heavy atom. The van der Waals surface area contributed by atoms with Crippen molar-refractivity contribution in [1.82, 2.24) is 10.6 Å². The van der Waals surface area contributed by atoms with Crippen LogP contribution in [0.2, 0.25) is 0 Å². The molecule has 0 bridgehead atoms. The van der Waals surface area contributed by atoms with E-state index in [2.05, 4.69) is 29.8 Å². The zero-order valence-electron chi connectivity index (χ0n) is 12.8. The van der Waals surface area contributed by atoms with Crippen LogP contribution < -0.4 is 16.0 Å². The molecule has 0 saturated carbocycles. The fourth-order valence-corrected chi connectivity index (χ4v) is 2.83. The van der Waals surface area contributed by atoms with E-state index in [1.165, 1.54) is 0 Å². The van der Waals surface area contributed by atoms with Crippen LogP contribution in [0.1, 0.15) is 30.6 Å². The van der Waals surface area contributed by atoms with Crippen molar-refractivity contribution in [2.45, 2.75) is 20.3 Å². The molecular weight excluding hydrogens is 266 g/mol. The number of carbonyl (C=O) groups excluding carboxylic acids is 2. The Bertz CT molecular complexity index is 534. The lowest BCUT2D eigenvalue weighted by Crippen LogP contribution is -2.42. The minimum Gasteiger partial charge on any atom is -0.355 e. The van der Waals surface area contributed by atoms with E-state index in [1.54, 1.807) is 25.2 Å². The molecule has 1 aliphatic rings. The van der Waals surface area contributed by atoms with E-state index in [4.69, 9.17) is 0 Å². The Labute approximate surface area is 125 Å². The van der Waals surface area contributed by atoms with E-state index in [0.717, 1.165) is 13.0 Å². The van der Waals surface area contributed by atoms with Gasteiger partial charge in [-0.3, -0.25) is 9.59 Å². The molecule has 1 saturated heterocycles. The summed E-state index contributed by atoms with van der Waals surface area (Å²) in [5.74, 6) is 0.0209. The third-order valence-corrected chi connectivity index (χ3v) is 4.39. The molecule has 1 atom stereocenters. The van der Waals surface area contributed by atoms with E-state index in [1.807, 2.05) is 6.07 Å². The fourth-order valence-electron chi connectivity index (χ4n) is 2.83. The summed E-state index contributed by atoms with van der Waals surface area (Å²) in [5.41, 5.74) is 0.641. The molecule has 2 rings (SSSR count). The summed E-state index contributed by atoms with van der Waals surface area (Å²) in [6.45, 7) is 5.66. The van der Waals surface area contributed by atoms with Crippen LogP contribution in [-0.2, 0) is 4.79 Å². The lowest BCUT2D eigenvalue weighted by Gasteiger charge is -2.31. The lowest BCUT2D eigenvalue weighted by molar-refractivity contribution is -0.126. The highest BCUT2D eigenvalue weighted by atomic mass is 16.2. The number of anilines is 1. The number of benzene rings is 1. The second kappa shape index (κ2) is 6.26. The predicted octanol–water partition coefficient (Wildman–Crippen LogP) is 1.62. The molecule has 5 heteroatoms. The Morgan fingerprint density at radius 1 is 1.29 bits per heavy atom. The maximum atomic E-state index is 12.8. The molecule has 1 aromatic rings. The van der Waals surface area contributed by atoms with Crippen LogP contribution in [0.5, 0.6) is 0 Å². The van der Waals surface area contributed by atoms with Crippen molar-refractivity contribution in [3.05, 3.63) is 29.8 Å². The van der Waals surface area contributed by atoms with Crippen molar-refractivity contribution in [3.63, 3.8) is 0 Å². The van der Waals surface area contributed by atoms with Gasteiger partial charge in [0.1, 0.15) is 0 Å². The van der Waals surface area contributed by atoms with Gasteiger partial charge >= 0.3 is 0 Å². The van der Waals surface area contributed by atoms with Crippen LogP contribution in [0, 0.1) is 11.3 Å². The molecule has 1 unspecified atom stereocenters. The smallest absolute Gasteiger partial charge is 0.253 e. The second-order valence-corrected chi connectivity index (χ2v) is 5.82. The van der Waals surface area contributed by atoms with Crippen molar-refractivity contribution in [2.24, 2.45) is 11.3 Å². The van der Waals surface area contributed by atoms with Crippen LogP contribution >= 0.6 is 0 Å². The van der Waals surface area contributed by atoms with Crippen LogP contribution in [0.15, 0.2) is 24.3 Å². The van der Waals surface area contributed by atoms with E-state index in [9.17, 15) is 9.59 Å². The van der Waals surface area contributed by atoms with E-state index in [0.29, 0.717) is 17.8 Å². The topological polar surface area (TPSA) is 70.2 Å². The summed E-state index contributed by atoms with van der Waals surface area (Å²) in [4.78, 5) is 24.6. The van der Waals surface area contributed by atoms with Gasteiger partial charge in [0, 0.05) is 13.6 Å². The molecule has 5 nitrogen and oxygen atoms in total. The summed E-state index contributed by atoms with van der Waals surface area (Å²) < 4.78 is 0. The summed E-state index contributed by atoms with van der Waals surface area (Å²) in [5, 5.41) is 8.81. The number of hydrogen-bond donors (Lipinski definition) is 3. The quantitative estimate of drug-likeness (QED) is 0.789. The van der Waals surface area contributed by atoms with Crippen molar-refractivity contribution in [3.8, 4) is 0 Å². The summed E-state index contributed by atoms with van der Waals surface area (Å²) in [6.07, 6.45) is 0.818. The molecule has 3 N–H and O–H groups in total. The van der Waals surface area contributed by atoms with Gasteiger partial charge in [0.05, 0.1) is 16.7 Å². The Hall–Kier alpha value is -1.88. The maximum Gasteiger partial charge on any atom is 0.253 e.